The molecule has 2 rings (SSSR count). The molecule has 1 saturated carbocycles. The zero-order chi connectivity index (χ0) is 15.5. The predicted molar refractivity (Wildman–Crippen MR) is 88.3 cm³/mol. The van der Waals surface area contributed by atoms with Crippen molar-refractivity contribution in [1.29, 1.82) is 5.26 Å². The monoisotopic (exact) mass is 343 g/mol. The van der Waals surface area contributed by atoms with Gasteiger partial charge in [0.05, 0.1) is 16.5 Å². The highest BCUT2D eigenvalue weighted by Gasteiger charge is 2.29. The number of sulfonamides is 1. The lowest BCUT2D eigenvalue weighted by molar-refractivity contribution is 0.405. The molecule has 5 nitrogen and oxygen atoms in total. The first-order valence-electron chi connectivity index (χ1n) is 7.21. The van der Waals surface area contributed by atoms with Gasteiger partial charge < -0.3 is 5.73 Å². The Bertz CT molecular complexity index is 649. The number of nitrogens with zero attached hydrogens (tertiary/aromatic N) is 1. The highest BCUT2D eigenvalue weighted by molar-refractivity contribution is 7.89. The van der Waals surface area contributed by atoms with Gasteiger partial charge in [-0.1, -0.05) is 12.8 Å². The summed E-state index contributed by atoms with van der Waals surface area (Å²) < 4.78 is 27.8. The van der Waals surface area contributed by atoms with E-state index in [-0.39, 0.29) is 23.3 Å². The van der Waals surface area contributed by atoms with E-state index in [0.29, 0.717) is 23.6 Å². The lowest BCUT2D eigenvalue weighted by Crippen LogP contribution is -2.44. The molecule has 0 radical (unpaired) electrons. The molecule has 22 heavy (non-hydrogen) atoms. The van der Waals surface area contributed by atoms with Crippen molar-refractivity contribution in [3.05, 3.63) is 29.3 Å². The van der Waals surface area contributed by atoms with Gasteiger partial charge in [-0.05, 0) is 49.4 Å². The maximum Gasteiger partial charge on any atom is 0.241 e. The number of benzene rings is 1. The van der Waals surface area contributed by atoms with E-state index in [2.05, 4.69) is 4.72 Å². The van der Waals surface area contributed by atoms with Gasteiger partial charge in [-0.3, -0.25) is 0 Å². The Labute approximate surface area is 138 Å². The number of halogens is 1. The first kappa shape index (κ1) is 18.9. The molecule has 0 heterocycles. The van der Waals surface area contributed by atoms with Gasteiger partial charge in [0.2, 0.25) is 10.0 Å². The second kappa shape index (κ2) is 7.93. The molecule has 1 unspecified atom stereocenters. The van der Waals surface area contributed by atoms with Crippen molar-refractivity contribution >= 4 is 22.4 Å². The fraction of sp³-hybridized carbons (Fsp3) is 0.533. The number of rotatable bonds is 5. The van der Waals surface area contributed by atoms with Crippen molar-refractivity contribution in [2.24, 2.45) is 11.7 Å². The first-order chi connectivity index (χ1) is 9.97. The zero-order valence-electron chi connectivity index (χ0n) is 12.6. The molecular weight excluding hydrogens is 322 g/mol. The van der Waals surface area contributed by atoms with Crippen LogP contribution in [-0.4, -0.2) is 21.0 Å². The molecule has 0 amide bonds. The van der Waals surface area contributed by atoms with Crippen LogP contribution in [0.5, 0.6) is 0 Å². The van der Waals surface area contributed by atoms with Crippen LogP contribution in [0.25, 0.3) is 0 Å². The molecule has 0 aromatic heterocycles. The van der Waals surface area contributed by atoms with Crippen LogP contribution in [0.3, 0.4) is 0 Å². The molecule has 1 aliphatic carbocycles. The molecule has 1 aromatic carbocycles. The van der Waals surface area contributed by atoms with E-state index in [9.17, 15) is 8.42 Å². The summed E-state index contributed by atoms with van der Waals surface area (Å²) in [4.78, 5) is 0.220. The molecule has 0 saturated heterocycles. The summed E-state index contributed by atoms with van der Waals surface area (Å²) >= 11 is 0. The smallest absolute Gasteiger partial charge is 0.241 e. The molecule has 3 N–H and O–H groups in total. The number of aryl methyl sites for hydroxylation is 1. The number of hydrogen-bond acceptors (Lipinski definition) is 4. The van der Waals surface area contributed by atoms with Crippen molar-refractivity contribution in [1.82, 2.24) is 4.72 Å². The topological polar surface area (TPSA) is 96.0 Å². The van der Waals surface area contributed by atoms with Crippen LogP contribution in [0, 0.1) is 24.2 Å². The quantitative estimate of drug-likeness (QED) is 0.855. The third kappa shape index (κ3) is 4.20. The lowest BCUT2D eigenvalue weighted by Gasteiger charge is -2.23. The second-order valence-corrected chi connectivity index (χ2v) is 7.28. The second-order valence-electron chi connectivity index (χ2n) is 5.60. The summed E-state index contributed by atoms with van der Waals surface area (Å²) in [5.74, 6) is 0.323. The molecular formula is C15H22ClN3O2S. The molecule has 1 aliphatic rings. The summed E-state index contributed by atoms with van der Waals surface area (Å²) in [6.45, 7) is 2.00. The van der Waals surface area contributed by atoms with Crippen LogP contribution in [0.4, 0.5) is 0 Å². The van der Waals surface area contributed by atoms with Crippen LogP contribution in [0.2, 0.25) is 0 Å². The molecule has 1 fully saturated rings. The predicted octanol–water partition coefficient (Wildman–Crippen LogP) is 2.08. The van der Waals surface area contributed by atoms with Gasteiger partial charge >= 0.3 is 0 Å². The number of nitrogens with one attached hydrogen (secondary N) is 1. The summed E-state index contributed by atoms with van der Waals surface area (Å²) in [6.07, 6.45) is 4.32. The van der Waals surface area contributed by atoms with Crippen molar-refractivity contribution < 1.29 is 8.42 Å². The molecule has 1 aromatic rings. The highest BCUT2D eigenvalue weighted by atomic mass is 35.5. The zero-order valence-corrected chi connectivity index (χ0v) is 14.2. The molecule has 0 bridgehead atoms. The molecule has 0 aliphatic heterocycles. The average Bonchev–Trinajstić information content (AvgIpc) is 2.98. The summed E-state index contributed by atoms with van der Waals surface area (Å²) in [7, 11) is -3.60. The van der Waals surface area contributed by atoms with Gasteiger partial charge in [0.1, 0.15) is 0 Å². The highest BCUT2D eigenvalue weighted by Crippen LogP contribution is 2.28. The van der Waals surface area contributed by atoms with Gasteiger partial charge in [-0.2, -0.15) is 5.26 Å². The Kier molecular flexibility index (Phi) is 6.82. The minimum absolute atomic E-state index is 0. The van der Waals surface area contributed by atoms with Crippen LogP contribution in [0.15, 0.2) is 23.1 Å². The number of nitrogens with two attached hydrogens (primary N) is 1. The van der Waals surface area contributed by atoms with Gasteiger partial charge in [0.25, 0.3) is 0 Å². The maximum atomic E-state index is 12.5. The van der Waals surface area contributed by atoms with Crippen molar-refractivity contribution in [2.45, 2.75) is 43.5 Å². The van der Waals surface area contributed by atoms with Gasteiger partial charge in [0, 0.05) is 12.6 Å². The lowest BCUT2D eigenvalue weighted by atomic mass is 9.99. The van der Waals surface area contributed by atoms with Gasteiger partial charge in [-0.15, -0.1) is 12.4 Å². The fourth-order valence-electron chi connectivity index (χ4n) is 2.98. The third-order valence-corrected chi connectivity index (χ3v) is 5.77. The standard InChI is InChI=1S/C15H21N3O2S.ClH/c1-11-8-12(9-16)6-7-15(11)21(19,20)18-14(10-17)13-4-2-3-5-13;/h6-8,13-14,18H,2-5,10,17H2,1H3;1H. The molecule has 0 spiro atoms. The van der Waals surface area contributed by atoms with Crippen molar-refractivity contribution in [3.63, 3.8) is 0 Å². The SMILES string of the molecule is Cc1cc(C#N)ccc1S(=O)(=O)NC(CN)C1CCCC1.Cl. The van der Waals surface area contributed by atoms with E-state index in [1.54, 1.807) is 13.0 Å². The van der Waals surface area contributed by atoms with Crippen LogP contribution >= 0.6 is 12.4 Å². The first-order valence-corrected chi connectivity index (χ1v) is 8.69. The largest absolute Gasteiger partial charge is 0.329 e. The third-order valence-electron chi connectivity index (χ3n) is 4.12. The van der Waals surface area contributed by atoms with Gasteiger partial charge in [0.15, 0.2) is 0 Å². The minimum atomic E-state index is -3.60. The summed E-state index contributed by atoms with van der Waals surface area (Å²) in [6, 6.07) is 6.38. The molecule has 7 heteroatoms. The van der Waals surface area contributed by atoms with E-state index in [4.69, 9.17) is 11.0 Å². The van der Waals surface area contributed by atoms with E-state index in [0.717, 1.165) is 25.7 Å². The summed E-state index contributed by atoms with van der Waals surface area (Å²) in [5.41, 5.74) is 6.78. The Morgan fingerprint density at radius 2 is 2.05 bits per heavy atom. The Balaban J connectivity index is 0.00000242. The Morgan fingerprint density at radius 3 is 2.55 bits per heavy atom. The number of hydrogen-bond donors (Lipinski definition) is 2. The van der Waals surface area contributed by atoms with E-state index < -0.39 is 10.0 Å². The van der Waals surface area contributed by atoms with E-state index in [1.165, 1.54) is 12.1 Å². The fourth-order valence-corrected chi connectivity index (χ4v) is 4.52. The van der Waals surface area contributed by atoms with Crippen molar-refractivity contribution in [2.75, 3.05) is 6.54 Å². The van der Waals surface area contributed by atoms with Crippen LogP contribution in [-0.2, 0) is 10.0 Å². The van der Waals surface area contributed by atoms with E-state index >= 15 is 0 Å². The molecule has 122 valence electrons. The van der Waals surface area contributed by atoms with Crippen LogP contribution < -0.4 is 10.5 Å². The van der Waals surface area contributed by atoms with Crippen LogP contribution in [0.1, 0.15) is 36.8 Å². The average molecular weight is 344 g/mol. The minimum Gasteiger partial charge on any atom is -0.329 e. The van der Waals surface area contributed by atoms with Crippen molar-refractivity contribution in [3.8, 4) is 6.07 Å². The van der Waals surface area contributed by atoms with E-state index in [1.807, 2.05) is 6.07 Å². The summed E-state index contributed by atoms with van der Waals surface area (Å²) in [5, 5.41) is 8.85. The van der Waals surface area contributed by atoms with Gasteiger partial charge in [-0.25, -0.2) is 13.1 Å². The maximum absolute atomic E-state index is 12.5. The Hall–Kier alpha value is -1.13. The normalized spacial score (nSPS) is 16.8. The number of nitriles is 1. The molecule has 1 atom stereocenters. The Morgan fingerprint density at radius 1 is 1.41 bits per heavy atom.